The predicted octanol–water partition coefficient (Wildman–Crippen LogP) is 2.14. The molecule has 3 rings (SSSR count). The van der Waals surface area contributed by atoms with Crippen LogP contribution in [0, 0.1) is 0 Å². The highest BCUT2D eigenvalue weighted by Gasteiger charge is 2.17. The van der Waals surface area contributed by atoms with Crippen LogP contribution < -0.4 is 4.72 Å². The molecule has 7 nitrogen and oxygen atoms in total. The van der Waals surface area contributed by atoms with Gasteiger partial charge in [-0.05, 0) is 36.4 Å². The molecule has 0 atom stereocenters. The molecule has 26 heavy (non-hydrogen) atoms. The third kappa shape index (κ3) is 3.98. The predicted molar refractivity (Wildman–Crippen MR) is 95.4 cm³/mol. The molecule has 1 heterocycles. The van der Waals surface area contributed by atoms with Crippen molar-refractivity contribution in [2.75, 3.05) is 7.11 Å². The molecule has 0 saturated carbocycles. The summed E-state index contributed by atoms with van der Waals surface area (Å²) in [5.74, 6) is -0.594. The highest BCUT2D eigenvalue weighted by molar-refractivity contribution is 7.89. The zero-order valence-electron chi connectivity index (χ0n) is 14.0. The lowest BCUT2D eigenvalue weighted by Gasteiger charge is -2.07. The van der Waals surface area contributed by atoms with Crippen LogP contribution in [0.5, 0.6) is 0 Å². The van der Waals surface area contributed by atoms with Crippen LogP contribution in [0.15, 0.2) is 71.8 Å². The van der Waals surface area contributed by atoms with Gasteiger partial charge in [-0.25, -0.2) is 22.6 Å². The molecule has 2 aromatic carbocycles. The van der Waals surface area contributed by atoms with Crippen molar-refractivity contribution >= 4 is 16.0 Å². The van der Waals surface area contributed by atoms with E-state index in [-0.39, 0.29) is 17.0 Å². The fraction of sp³-hybridized carbons (Fsp3) is 0.111. The molecule has 0 radical (unpaired) electrons. The Morgan fingerprint density at radius 1 is 1.12 bits per heavy atom. The molecule has 0 aliphatic heterocycles. The maximum absolute atomic E-state index is 12.4. The largest absolute Gasteiger partial charge is 0.465 e. The number of para-hydroxylation sites is 1. The van der Waals surface area contributed by atoms with Gasteiger partial charge in [0.15, 0.2) is 0 Å². The molecule has 0 fully saturated rings. The van der Waals surface area contributed by atoms with E-state index >= 15 is 0 Å². The maximum atomic E-state index is 12.4. The summed E-state index contributed by atoms with van der Waals surface area (Å²) >= 11 is 0. The van der Waals surface area contributed by atoms with Gasteiger partial charge in [0.05, 0.1) is 35.5 Å². The average molecular weight is 371 g/mol. The van der Waals surface area contributed by atoms with E-state index in [1.807, 2.05) is 30.3 Å². The highest BCUT2D eigenvalue weighted by Crippen LogP contribution is 2.13. The summed E-state index contributed by atoms with van der Waals surface area (Å²) in [6, 6.07) is 16.9. The first-order valence-corrected chi connectivity index (χ1v) is 9.26. The van der Waals surface area contributed by atoms with E-state index in [1.165, 1.54) is 31.4 Å². The highest BCUT2D eigenvalue weighted by atomic mass is 32.2. The van der Waals surface area contributed by atoms with E-state index in [1.54, 1.807) is 16.9 Å². The van der Waals surface area contributed by atoms with E-state index in [9.17, 15) is 13.2 Å². The van der Waals surface area contributed by atoms with Gasteiger partial charge in [-0.15, -0.1) is 0 Å². The Hall–Kier alpha value is -2.97. The average Bonchev–Trinajstić information content (AvgIpc) is 3.16. The van der Waals surface area contributed by atoms with Crippen molar-refractivity contribution in [2.45, 2.75) is 11.4 Å². The Morgan fingerprint density at radius 2 is 1.88 bits per heavy atom. The van der Waals surface area contributed by atoms with Crippen LogP contribution in [0.25, 0.3) is 5.69 Å². The maximum Gasteiger partial charge on any atom is 0.337 e. The molecule has 0 saturated heterocycles. The van der Waals surface area contributed by atoms with Gasteiger partial charge in [0.25, 0.3) is 0 Å². The summed E-state index contributed by atoms with van der Waals surface area (Å²) in [6.07, 6.45) is 1.76. The van der Waals surface area contributed by atoms with Crippen LogP contribution in [0.2, 0.25) is 0 Å². The van der Waals surface area contributed by atoms with Crippen LogP contribution in [0.1, 0.15) is 16.1 Å². The molecule has 0 spiro atoms. The topological polar surface area (TPSA) is 90.3 Å². The van der Waals surface area contributed by atoms with Crippen molar-refractivity contribution in [1.82, 2.24) is 14.5 Å². The van der Waals surface area contributed by atoms with Crippen molar-refractivity contribution in [3.05, 3.63) is 78.1 Å². The van der Waals surface area contributed by atoms with Crippen LogP contribution in [-0.4, -0.2) is 31.3 Å². The first kappa shape index (κ1) is 17.8. The zero-order chi connectivity index (χ0) is 18.6. The third-order valence-corrected chi connectivity index (χ3v) is 5.07. The summed E-state index contributed by atoms with van der Waals surface area (Å²) in [5.41, 5.74) is 1.62. The van der Waals surface area contributed by atoms with Crippen LogP contribution in [0.3, 0.4) is 0 Å². The van der Waals surface area contributed by atoms with Crippen molar-refractivity contribution in [3.8, 4) is 5.69 Å². The number of methoxy groups -OCH3 is 1. The number of ether oxygens (including phenoxy) is 1. The van der Waals surface area contributed by atoms with E-state index in [0.29, 0.717) is 5.69 Å². The molecular weight excluding hydrogens is 354 g/mol. The molecule has 0 unspecified atom stereocenters. The number of esters is 1. The molecule has 0 bridgehead atoms. The quantitative estimate of drug-likeness (QED) is 0.671. The minimum Gasteiger partial charge on any atom is -0.465 e. The molecule has 8 heteroatoms. The van der Waals surface area contributed by atoms with Crippen LogP contribution in [0.4, 0.5) is 0 Å². The SMILES string of the molecule is COC(=O)c1cccc(S(=O)(=O)NCc2ccn(-c3ccccc3)n2)c1. The number of nitrogens with zero attached hydrogens (tertiary/aromatic N) is 2. The fourth-order valence-corrected chi connectivity index (χ4v) is 3.39. The number of sulfonamides is 1. The number of hydrogen-bond donors (Lipinski definition) is 1. The number of nitrogens with one attached hydrogen (secondary N) is 1. The molecule has 3 aromatic rings. The molecule has 1 N–H and O–H groups in total. The van der Waals surface area contributed by atoms with Crippen molar-refractivity contribution in [1.29, 1.82) is 0 Å². The van der Waals surface area contributed by atoms with Gasteiger partial charge in [-0.1, -0.05) is 24.3 Å². The Labute approximate surface area is 151 Å². The Kier molecular flexibility index (Phi) is 5.15. The van der Waals surface area contributed by atoms with Gasteiger partial charge in [0.1, 0.15) is 0 Å². The molecular formula is C18H17N3O4S. The second kappa shape index (κ2) is 7.51. The standard InChI is InChI=1S/C18H17N3O4S/c1-25-18(22)14-6-5-9-17(12-14)26(23,24)19-13-15-10-11-21(20-15)16-7-3-2-4-8-16/h2-12,19H,13H2,1H3. The minimum atomic E-state index is -3.79. The van der Waals surface area contributed by atoms with Crippen LogP contribution in [-0.2, 0) is 21.3 Å². The fourth-order valence-electron chi connectivity index (χ4n) is 2.34. The van der Waals surface area contributed by atoms with Gasteiger partial charge in [-0.2, -0.15) is 5.10 Å². The molecule has 0 aliphatic carbocycles. The second-order valence-electron chi connectivity index (χ2n) is 5.43. The molecule has 134 valence electrons. The van der Waals surface area contributed by atoms with Gasteiger partial charge >= 0.3 is 5.97 Å². The van der Waals surface area contributed by atoms with Crippen LogP contribution >= 0.6 is 0 Å². The summed E-state index contributed by atoms with van der Waals surface area (Å²) in [5, 5.41) is 4.35. The number of carbonyl (C=O) groups is 1. The monoisotopic (exact) mass is 371 g/mol. The van der Waals surface area contributed by atoms with Crippen molar-refractivity contribution in [3.63, 3.8) is 0 Å². The lowest BCUT2D eigenvalue weighted by Crippen LogP contribution is -2.23. The van der Waals surface area contributed by atoms with Crippen molar-refractivity contribution < 1.29 is 17.9 Å². The Balaban J connectivity index is 1.73. The van der Waals surface area contributed by atoms with E-state index in [4.69, 9.17) is 0 Å². The number of benzene rings is 2. The van der Waals surface area contributed by atoms with E-state index in [0.717, 1.165) is 5.69 Å². The van der Waals surface area contributed by atoms with Gasteiger partial charge < -0.3 is 4.74 Å². The summed E-state index contributed by atoms with van der Waals surface area (Å²) < 4.78 is 33.7. The summed E-state index contributed by atoms with van der Waals surface area (Å²) in [7, 11) is -2.54. The lowest BCUT2D eigenvalue weighted by molar-refractivity contribution is 0.0600. The second-order valence-corrected chi connectivity index (χ2v) is 7.20. The Bertz CT molecular complexity index is 1010. The third-order valence-electron chi connectivity index (χ3n) is 3.67. The summed E-state index contributed by atoms with van der Waals surface area (Å²) in [4.78, 5) is 11.5. The smallest absolute Gasteiger partial charge is 0.337 e. The minimum absolute atomic E-state index is 0.0112. The van der Waals surface area contributed by atoms with Gasteiger partial charge in [0.2, 0.25) is 10.0 Å². The number of rotatable bonds is 6. The normalized spacial score (nSPS) is 11.3. The first-order chi connectivity index (χ1) is 12.5. The Morgan fingerprint density at radius 3 is 2.62 bits per heavy atom. The van der Waals surface area contributed by atoms with Crippen molar-refractivity contribution in [2.24, 2.45) is 0 Å². The first-order valence-electron chi connectivity index (χ1n) is 7.77. The summed E-state index contributed by atoms with van der Waals surface area (Å²) in [6.45, 7) is 0.0324. The van der Waals surface area contributed by atoms with Gasteiger partial charge in [-0.3, -0.25) is 0 Å². The molecule has 0 amide bonds. The van der Waals surface area contributed by atoms with E-state index < -0.39 is 16.0 Å². The molecule has 0 aliphatic rings. The lowest BCUT2D eigenvalue weighted by atomic mass is 10.2. The van der Waals surface area contributed by atoms with Gasteiger partial charge in [0, 0.05) is 6.20 Å². The van der Waals surface area contributed by atoms with E-state index in [2.05, 4.69) is 14.6 Å². The number of hydrogen-bond acceptors (Lipinski definition) is 5. The number of aromatic nitrogens is 2. The number of carbonyl (C=O) groups excluding carboxylic acids is 1. The molecule has 1 aromatic heterocycles. The zero-order valence-corrected chi connectivity index (χ0v) is 14.8.